The van der Waals surface area contributed by atoms with Crippen LogP contribution in [0.4, 0.5) is 5.82 Å². The van der Waals surface area contributed by atoms with Crippen molar-refractivity contribution in [2.75, 3.05) is 12.0 Å². The van der Waals surface area contributed by atoms with Crippen LogP contribution >= 0.6 is 0 Å². The quantitative estimate of drug-likeness (QED) is 0.628. The van der Waals surface area contributed by atoms with Gasteiger partial charge in [0.05, 0.1) is 5.56 Å². The highest BCUT2D eigenvalue weighted by atomic mass is 16.2. The highest BCUT2D eigenvalue weighted by molar-refractivity contribution is 5.98. The lowest BCUT2D eigenvalue weighted by Gasteiger charge is -2.38. The molecule has 1 saturated carbocycles. The summed E-state index contributed by atoms with van der Waals surface area (Å²) in [7, 11) is 0. The van der Waals surface area contributed by atoms with Gasteiger partial charge in [-0.2, -0.15) is 0 Å². The average molecular weight is 260 g/mol. The molecule has 0 bridgehead atoms. The number of hydrazine groups is 1. The van der Waals surface area contributed by atoms with Crippen molar-refractivity contribution in [3.8, 4) is 0 Å². The molecule has 1 amide bonds. The summed E-state index contributed by atoms with van der Waals surface area (Å²) in [5.41, 5.74) is 3.10. The van der Waals surface area contributed by atoms with E-state index in [1.165, 1.54) is 19.3 Å². The van der Waals surface area contributed by atoms with E-state index in [2.05, 4.69) is 10.4 Å². The van der Waals surface area contributed by atoms with Gasteiger partial charge in [0.15, 0.2) is 5.82 Å². The first-order chi connectivity index (χ1) is 9.31. The van der Waals surface area contributed by atoms with Crippen molar-refractivity contribution in [2.24, 2.45) is 11.8 Å². The standard InChI is InChI=1S/C14H20N4O/c15-17-13-11(6-2-8-16-13)14(19)18-9-3-5-10-4-1-7-12(10)18/h2,6,8,10,12H,1,3-5,7,9,15H2,(H,16,17). The van der Waals surface area contributed by atoms with Gasteiger partial charge in [0.2, 0.25) is 0 Å². The zero-order chi connectivity index (χ0) is 13.2. The number of carbonyl (C=O) groups excluding carboxylic acids is 1. The zero-order valence-corrected chi connectivity index (χ0v) is 11.0. The van der Waals surface area contributed by atoms with E-state index in [-0.39, 0.29) is 5.91 Å². The molecular weight excluding hydrogens is 240 g/mol. The van der Waals surface area contributed by atoms with Gasteiger partial charge in [-0.05, 0) is 43.7 Å². The number of hydrogen-bond donors (Lipinski definition) is 2. The third-order valence-corrected chi connectivity index (χ3v) is 4.43. The minimum absolute atomic E-state index is 0.0673. The summed E-state index contributed by atoms with van der Waals surface area (Å²) in [5.74, 6) is 6.67. The van der Waals surface area contributed by atoms with Gasteiger partial charge in [0, 0.05) is 18.8 Å². The number of nitrogen functional groups attached to an aromatic ring is 1. The molecule has 1 aromatic heterocycles. The number of piperidine rings is 1. The lowest BCUT2D eigenvalue weighted by molar-refractivity contribution is 0.0549. The number of rotatable bonds is 2. The SMILES string of the molecule is NNc1ncccc1C(=O)N1CCCC2CCCC21. The summed E-state index contributed by atoms with van der Waals surface area (Å²) >= 11 is 0. The number of carbonyl (C=O) groups is 1. The molecular formula is C14H20N4O. The fraction of sp³-hybridized carbons (Fsp3) is 0.571. The molecule has 19 heavy (non-hydrogen) atoms. The molecule has 2 atom stereocenters. The topological polar surface area (TPSA) is 71.2 Å². The lowest BCUT2D eigenvalue weighted by atomic mass is 9.91. The molecule has 0 aromatic carbocycles. The van der Waals surface area contributed by atoms with Crippen LogP contribution in [0.2, 0.25) is 0 Å². The Hall–Kier alpha value is -1.62. The van der Waals surface area contributed by atoms with Crippen LogP contribution in [0.1, 0.15) is 42.5 Å². The molecule has 1 aliphatic carbocycles. The number of likely N-dealkylation sites (tertiary alicyclic amines) is 1. The molecule has 2 aliphatic rings. The van der Waals surface area contributed by atoms with Gasteiger partial charge < -0.3 is 10.3 Å². The summed E-state index contributed by atoms with van der Waals surface area (Å²) in [5, 5.41) is 0. The number of nitrogens with one attached hydrogen (secondary N) is 1. The average Bonchev–Trinajstić information content (AvgIpc) is 2.94. The molecule has 0 spiro atoms. The van der Waals surface area contributed by atoms with Crippen molar-refractivity contribution in [2.45, 2.75) is 38.1 Å². The number of pyridine rings is 1. The first kappa shape index (κ1) is 12.4. The van der Waals surface area contributed by atoms with Gasteiger partial charge in [-0.3, -0.25) is 4.79 Å². The molecule has 2 unspecified atom stereocenters. The molecule has 2 fully saturated rings. The number of nitrogens with two attached hydrogens (primary N) is 1. The Balaban J connectivity index is 1.86. The monoisotopic (exact) mass is 260 g/mol. The molecule has 0 radical (unpaired) electrons. The molecule has 102 valence electrons. The van der Waals surface area contributed by atoms with Crippen LogP contribution in [0.15, 0.2) is 18.3 Å². The van der Waals surface area contributed by atoms with Gasteiger partial charge >= 0.3 is 0 Å². The summed E-state index contributed by atoms with van der Waals surface area (Å²) in [6.45, 7) is 0.860. The van der Waals surface area contributed by atoms with Gasteiger partial charge in [-0.25, -0.2) is 10.8 Å². The van der Waals surface area contributed by atoms with Crippen molar-refractivity contribution in [1.82, 2.24) is 9.88 Å². The number of fused-ring (bicyclic) bond motifs is 1. The number of anilines is 1. The summed E-state index contributed by atoms with van der Waals surface area (Å²) < 4.78 is 0. The fourth-order valence-corrected chi connectivity index (χ4v) is 3.55. The van der Waals surface area contributed by atoms with E-state index in [4.69, 9.17) is 5.84 Å². The fourth-order valence-electron chi connectivity index (χ4n) is 3.55. The third kappa shape index (κ3) is 2.18. The van der Waals surface area contributed by atoms with E-state index >= 15 is 0 Å². The normalized spacial score (nSPS) is 26.1. The van der Waals surface area contributed by atoms with Gasteiger partial charge in [-0.15, -0.1) is 0 Å². The van der Waals surface area contributed by atoms with Crippen LogP contribution in [0.25, 0.3) is 0 Å². The second-order valence-electron chi connectivity index (χ2n) is 5.44. The molecule has 3 N–H and O–H groups in total. The highest BCUT2D eigenvalue weighted by Crippen LogP contribution is 2.37. The zero-order valence-electron chi connectivity index (χ0n) is 11.0. The number of hydrogen-bond acceptors (Lipinski definition) is 4. The molecule has 1 saturated heterocycles. The maximum absolute atomic E-state index is 12.7. The Morgan fingerprint density at radius 3 is 3.05 bits per heavy atom. The molecule has 5 nitrogen and oxygen atoms in total. The van der Waals surface area contributed by atoms with Crippen LogP contribution in [-0.2, 0) is 0 Å². The van der Waals surface area contributed by atoms with Crippen molar-refractivity contribution in [3.63, 3.8) is 0 Å². The first-order valence-corrected chi connectivity index (χ1v) is 7.04. The Bertz CT molecular complexity index is 476. The maximum atomic E-state index is 12.7. The molecule has 3 rings (SSSR count). The lowest BCUT2D eigenvalue weighted by Crippen LogP contribution is -2.46. The second-order valence-corrected chi connectivity index (χ2v) is 5.44. The Kier molecular flexibility index (Phi) is 3.38. The predicted octanol–water partition coefficient (Wildman–Crippen LogP) is 1.77. The van der Waals surface area contributed by atoms with Crippen LogP contribution in [0.5, 0.6) is 0 Å². The van der Waals surface area contributed by atoms with Crippen molar-refractivity contribution < 1.29 is 4.79 Å². The Morgan fingerprint density at radius 2 is 2.21 bits per heavy atom. The number of nitrogens with zero attached hydrogens (tertiary/aromatic N) is 2. The van der Waals surface area contributed by atoms with E-state index < -0.39 is 0 Å². The van der Waals surface area contributed by atoms with E-state index in [9.17, 15) is 4.79 Å². The minimum Gasteiger partial charge on any atom is -0.335 e. The maximum Gasteiger partial charge on any atom is 0.257 e. The van der Waals surface area contributed by atoms with Gasteiger partial charge in [-0.1, -0.05) is 6.42 Å². The Morgan fingerprint density at radius 1 is 1.37 bits per heavy atom. The number of amides is 1. The summed E-state index contributed by atoms with van der Waals surface area (Å²) in [6, 6.07) is 4.00. The van der Waals surface area contributed by atoms with Crippen molar-refractivity contribution >= 4 is 11.7 Å². The number of aromatic nitrogens is 1. The smallest absolute Gasteiger partial charge is 0.257 e. The van der Waals surface area contributed by atoms with E-state index in [1.807, 2.05) is 4.90 Å². The molecule has 1 aromatic rings. The largest absolute Gasteiger partial charge is 0.335 e. The van der Waals surface area contributed by atoms with Gasteiger partial charge in [0.1, 0.15) is 0 Å². The van der Waals surface area contributed by atoms with Crippen LogP contribution < -0.4 is 11.3 Å². The predicted molar refractivity (Wildman–Crippen MR) is 73.4 cm³/mol. The van der Waals surface area contributed by atoms with Crippen LogP contribution in [-0.4, -0.2) is 28.4 Å². The minimum atomic E-state index is 0.0673. The summed E-state index contributed by atoms with van der Waals surface area (Å²) in [4.78, 5) is 18.9. The second kappa shape index (κ2) is 5.17. The van der Waals surface area contributed by atoms with Crippen LogP contribution in [0.3, 0.4) is 0 Å². The first-order valence-electron chi connectivity index (χ1n) is 7.04. The van der Waals surface area contributed by atoms with E-state index in [1.54, 1.807) is 18.3 Å². The molecule has 5 heteroatoms. The van der Waals surface area contributed by atoms with E-state index in [0.29, 0.717) is 23.3 Å². The van der Waals surface area contributed by atoms with Crippen molar-refractivity contribution in [3.05, 3.63) is 23.9 Å². The van der Waals surface area contributed by atoms with Crippen molar-refractivity contribution in [1.29, 1.82) is 0 Å². The third-order valence-electron chi connectivity index (χ3n) is 4.43. The van der Waals surface area contributed by atoms with Crippen LogP contribution in [0, 0.1) is 5.92 Å². The summed E-state index contributed by atoms with van der Waals surface area (Å²) in [6.07, 6.45) is 7.67. The highest BCUT2D eigenvalue weighted by Gasteiger charge is 2.38. The van der Waals surface area contributed by atoms with E-state index in [0.717, 1.165) is 19.4 Å². The Labute approximate surface area is 113 Å². The molecule has 2 heterocycles. The van der Waals surface area contributed by atoms with Gasteiger partial charge in [0.25, 0.3) is 5.91 Å². The molecule has 1 aliphatic heterocycles.